The summed E-state index contributed by atoms with van der Waals surface area (Å²) in [5.41, 5.74) is 2.02. The van der Waals surface area contributed by atoms with Crippen LogP contribution >= 0.6 is 0 Å². The van der Waals surface area contributed by atoms with E-state index in [1.54, 1.807) is 19.2 Å². The molecular weight excluding hydrogens is 397 g/mol. The first kappa shape index (κ1) is 24.7. The lowest BCUT2D eigenvalue weighted by molar-refractivity contribution is -0.136. The number of benzene rings is 2. The zero-order chi connectivity index (χ0) is 22.8. The summed E-state index contributed by atoms with van der Waals surface area (Å²) in [5, 5.41) is 2.97. The third kappa shape index (κ3) is 8.58. The smallest absolute Gasteiger partial charge is 0.249 e. The first-order chi connectivity index (χ1) is 14.8. The summed E-state index contributed by atoms with van der Waals surface area (Å²) < 4.78 is 30.1. The van der Waals surface area contributed by atoms with Crippen LogP contribution in [-0.2, 0) is 22.4 Å². The van der Waals surface area contributed by atoms with Gasteiger partial charge in [0, 0.05) is 6.54 Å². The van der Waals surface area contributed by atoms with Gasteiger partial charge in [-0.15, -0.1) is 0 Å². The van der Waals surface area contributed by atoms with Crippen molar-refractivity contribution in [2.45, 2.75) is 65.3 Å². The predicted octanol–water partition coefficient (Wildman–Crippen LogP) is 4.71. The highest BCUT2D eigenvalue weighted by Crippen LogP contribution is 2.29. The fourth-order valence-corrected chi connectivity index (χ4v) is 3.20. The predicted molar refractivity (Wildman–Crippen MR) is 120 cm³/mol. The lowest BCUT2D eigenvalue weighted by Gasteiger charge is -2.20. The summed E-state index contributed by atoms with van der Waals surface area (Å²) in [4.78, 5) is 12.7. The molecule has 0 heterocycles. The van der Waals surface area contributed by atoms with E-state index in [0.29, 0.717) is 37.3 Å². The first-order valence-electron chi connectivity index (χ1n) is 10.8. The lowest BCUT2D eigenvalue weighted by atomic mass is 10.1. The number of aryl methyl sites for hydroxylation is 1. The number of amides is 1. The molecule has 0 aliphatic heterocycles. The van der Waals surface area contributed by atoms with E-state index < -0.39 is 6.10 Å². The molecule has 2 aromatic rings. The molecule has 0 fully saturated rings. The first-order valence-corrected chi connectivity index (χ1v) is 10.8. The average molecular weight is 432 g/mol. The third-order valence-electron chi connectivity index (χ3n) is 4.64. The van der Waals surface area contributed by atoms with Crippen LogP contribution in [0.15, 0.2) is 42.5 Å². The van der Waals surface area contributed by atoms with Gasteiger partial charge < -0.3 is 19.5 Å². The van der Waals surface area contributed by atoms with Crippen LogP contribution in [0.25, 0.3) is 0 Å². The van der Waals surface area contributed by atoms with Crippen molar-refractivity contribution in [3.63, 3.8) is 0 Å². The Hall–Kier alpha value is -2.60. The van der Waals surface area contributed by atoms with Crippen LogP contribution in [0.3, 0.4) is 0 Å². The van der Waals surface area contributed by atoms with Crippen LogP contribution in [-0.4, -0.2) is 37.9 Å². The highest BCUT2D eigenvalue weighted by Gasteiger charge is 2.20. The molecule has 0 bridgehead atoms. The second kappa shape index (κ2) is 12.3. The van der Waals surface area contributed by atoms with Gasteiger partial charge in [-0.2, -0.15) is 0 Å². The van der Waals surface area contributed by atoms with Crippen molar-refractivity contribution in [2.24, 2.45) is 0 Å². The molecule has 1 atom stereocenters. The maximum Gasteiger partial charge on any atom is 0.249 e. The summed E-state index contributed by atoms with van der Waals surface area (Å²) in [5.74, 6) is 0.980. The van der Waals surface area contributed by atoms with E-state index in [0.717, 1.165) is 11.1 Å². The third-order valence-corrected chi connectivity index (χ3v) is 4.64. The van der Waals surface area contributed by atoms with E-state index in [1.807, 2.05) is 45.9 Å². The molecule has 31 heavy (non-hydrogen) atoms. The molecule has 1 N–H and O–H groups in total. The molecule has 0 radical (unpaired) electrons. The van der Waals surface area contributed by atoms with Crippen LogP contribution in [0.4, 0.5) is 4.39 Å². The van der Waals surface area contributed by atoms with Gasteiger partial charge in [-0.3, -0.25) is 4.79 Å². The van der Waals surface area contributed by atoms with E-state index >= 15 is 0 Å². The van der Waals surface area contributed by atoms with Crippen molar-refractivity contribution in [3.8, 4) is 11.5 Å². The highest BCUT2D eigenvalue weighted by molar-refractivity contribution is 5.80. The summed E-state index contributed by atoms with van der Waals surface area (Å²) in [6, 6.07) is 12.1. The lowest BCUT2D eigenvalue weighted by Crippen LogP contribution is -2.39. The molecule has 0 aromatic heterocycles. The SMILES string of the molecule is COc1cc(CCNC(=O)C(CCc2ccc(F)cc2)OC(C)C)ccc1OC(C)C. The number of carbonyl (C=O) groups excluding carboxylic acids is 1. The van der Waals surface area contributed by atoms with Gasteiger partial charge in [0.1, 0.15) is 11.9 Å². The number of carbonyl (C=O) groups is 1. The molecular formula is C25H34FNO4. The van der Waals surface area contributed by atoms with Gasteiger partial charge in [0.25, 0.3) is 0 Å². The number of hydrogen-bond acceptors (Lipinski definition) is 4. The van der Waals surface area contributed by atoms with Gasteiger partial charge in [-0.25, -0.2) is 4.39 Å². The monoisotopic (exact) mass is 431 g/mol. The average Bonchev–Trinajstić information content (AvgIpc) is 2.72. The van der Waals surface area contributed by atoms with Gasteiger partial charge in [0.15, 0.2) is 11.5 Å². The Labute approximate surface area is 184 Å². The molecule has 0 spiro atoms. The van der Waals surface area contributed by atoms with E-state index in [-0.39, 0.29) is 23.9 Å². The molecule has 1 amide bonds. The van der Waals surface area contributed by atoms with Crippen molar-refractivity contribution in [1.29, 1.82) is 0 Å². The quantitative estimate of drug-likeness (QED) is 0.529. The number of rotatable bonds is 12. The molecule has 2 rings (SSSR count). The topological polar surface area (TPSA) is 56.8 Å². The van der Waals surface area contributed by atoms with Gasteiger partial charge in [0.05, 0.1) is 19.3 Å². The minimum Gasteiger partial charge on any atom is -0.493 e. The highest BCUT2D eigenvalue weighted by atomic mass is 19.1. The van der Waals surface area contributed by atoms with Crippen molar-refractivity contribution in [3.05, 3.63) is 59.4 Å². The molecule has 0 aliphatic carbocycles. The zero-order valence-corrected chi connectivity index (χ0v) is 19.1. The van der Waals surface area contributed by atoms with Crippen LogP contribution in [0.1, 0.15) is 45.2 Å². The fraction of sp³-hybridized carbons (Fsp3) is 0.480. The maximum atomic E-state index is 13.1. The number of halogens is 1. The van der Waals surface area contributed by atoms with Crippen LogP contribution < -0.4 is 14.8 Å². The normalized spacial score (nSPS) is 12.1. The molecule has 6 heteroatoms. The van der Waals surface area contributed by atoms with Gasteiger partial charge in [-0.05, 0) is 82.3 Å². The second-order valence-corrected chi connectivity index (χ2v) is 8.03. The van der Waals surface area contributed by atoms with Crippen molar-refractivity contribution >= 4 is 5.91 Å². The van der Waals surface area contributed by atoms with Gasteiger partial charge in [-0.1, -0.05) is 18.2 Å². The second-order valence-electron chi connectivity index (χ2n) is 8.03. The maximum absolute atomic E-state index is 13.1. The Balaban J connectivity index is 1.90. The fourth-order valence-electron chi connectivity index (χ4n) is 3.20. The number of hydrogen-bond donors (Lipinski definition) is 1. The number of methoxy groups -OCH3 is 1. The Morgan fingerprint density at radius 2 is 1.61 bits per heavy atom. The largest absolute Gasteiger partial charge is 0.493 e. The molecule has 5 nitrogen and oxygen atoms in total. The van der Waals surface area contributed by atoms with Crippen molar-refractivity contribution < 1.29 is 23.4 Å². The summed E-state index contributed by atoms with van der Waals surface area (Å²) in [7, 11) is 1.61. The molecule has 2 aromatic carbocycles. The minimum atomic E-state index is -0.554. The number of ether oxygens (including phenoxy) is 3. The van der Waals surface area contributed by atoms with E-state index in [2.05, 4.69) is 5.32 Å². The molecule has 170 valence electrons. The summed E-state index contributed by atoms with van der Waals surface area (Å²) >= 11 is 0. The van der Waals surface area contributed by atoms with Crippen molar-refractivity contribution in [1.82, 2.24) is 5.32 Å². The van der Waals surface area contributed by atoms with Crippen LogP contribution in [0.5, 0.6) is 11.5 Å². The molecule has 0 saturated heterocycles. The zero-order valence-electron chi connectivity index (χ0n) is 19.1. The minimum absolute atomic E-state index is 0.0619. The van der Waals surface area contributed by atoms with Crippen LogP contribution in [0, 0.1) is 5.82 Å². The van der Waals surface area contributed by atoms with E-state index in [9.17, 15) is 9.18 Å². The standard InChI is InChI=1S/C25H34FNO4/c1-17(2)30-22-12-9-20(16-24(22)29-5)14-15-27-25(28)23(31-18(3)4)13-8-19-6-10-21(26)11-7-19/h6-7,9-12,16-18,23H,8,13-15H2,1-5H3,(H,27,28). The molecule has 1 unspecified atom stereocenters. The van der Waals surface area contributed by atoms with E-state index in [1.165, 1.54) is 12.1 Å². The van der Waals surface area contributed by atoms with Gasteiger partial charge in [0.2, 0.25) is 5.91 Å². The summed E-state index contributed by atoms with van der Waals surface area (Å²) in [6.07, 6.45) is 1.27. The number of nitrogens with one attached hydrogen (secondary N) is 1. The van der Waals surface area contributed by atoms with Crippen LogP contribution in [0.2, 0.25) is 0 Å². The Morgan fingerprint density at radius 3 is 2.23 bits per heavy atom. The Morgan fingerprint density at radius 1 is 0.935 bits per heavy atom. The van der Waals surface area contributed by atoms with Gasteiger partial charge >= 0.3 is 0 Å². The Kier molecular flexibility index (Phi) is 9.79. The molecule has 0 aliphatic rings. The van der Waals surface area contributed by atoms with E-state index in [4.69, 9.17) is 14.2 Å². The van der Waals surface area contributed by atoms with Crippen molar-refractivity contribution in [2.75, 3.05) is 13.7 Å². The Bertz CT molecular complexity index is 821. The molecule has 0 saturated carbocycles. The summed E-state index contributed by atoms with van der Waals surface area (Å²) in [6.45, 7) is 8.24.